The van der Waals surface area contributed by atoms with Crippen molar-refractivity contribution in [3.05, 3.63) is 66.2 Å². The maximum Gasteiger partial charge on any atom is 0.319 e. The minimum Gasteiger partial charge on any atom is -0.454 e. The van der Waals surface area contributed by atoms with Gasteiger partial charge in [-0.1, -0.05) is 42.5 Å². The Morgan fingerprint density at radius 2 is 1.81 bits per heavy atom. The molecule has 0 bridgehead atoms. The van der Waals surface area contributed by atoms with Crippen molar-refractivity contribution in [1.82, 2.24) is 10.6 Å². The van der Waals surface area contributed by atoms with Gasteiger partial charge in [0.25, 0.3) is 0 Å². The van der Waals surface area contributed by atoms with Crippen LogP contribution in [0.15, 0.2) is 60.7 Å². The van der Waals surface area contributed by atoms with E-state index in [4.69, 9.17) is 14.7 Å². The molecular formula is C23H20N4O4. The number of carbonyl (C=O) groups is 2. The average molecular weight is 416 g/mol. The van der Waals surface area contributed by atoms with Gasteiger partial charge in [-0.15, -0.1) is 0 Å². The molecule has 4 rings (SSSR count). The first-order valence-corrected chi connectivity index (χ1v) is 9.72. The van der Waals surface area contributed by atoms with E-state index in [9.17, 15) is 9.59 Å². The summed E-state index contributed by atoms with van der Waals surface area (Å²) in [6, 6.07) is 19.3. The Hall–Kier alpha value is -4.25. The normalized spacial score (nSPS) is 12.6. The molecule has 3 aromatic carbocycles. The summed E-state index contributed by atoms with van der Waals surface area (Å²) in [5.74, 6) is 0.712. The number of ether oxygens (including phenoxy) is 2. The third-order valence-electron chi connectivity index (χ3n) is 4.85. The first-order chi connectivity index (χ1) is 15.1. The topological polar surface area (TPSA) is 112 Å². The van der Waals surface area contributed by atoms with Crippen LogP contribution in [0.4, 0.5) is 10.5 Å². The molecule has 3 N–H and O–H groups in total. The van der Waals surface area contributed by atoms with Crippen molar-refractivity contribution >= 4 is 28.4 Å². The third-order valence-corrected chi connectivity index (χ3v) is 4.85. The van der Waals surface area contributed by atoms with Gasteiger partial charge >= 0.3 is 6.03 Å². The minimum absolute atomic E-state index is 0.137. The van der Waals surface area contributed by atoms with Crippen LogP contribution in [-0.4, -0.2) is 31.3 Å². The van der Waals surface area contributed by atoms with Crippen molar-refractivity contribution in [3.63, 3.8) is 0 Å². The quantitative estimate of drug-likeness (QED) is 0.535. The summed E-state index contributed by atoms with van der Waals surface area (Å²) in [6.45, 7) is -0.00358. The number of fused-ring (bicyclic) bond motifs is 2. The number of nitrogens with zero attached hydrogens (tertiary/aromatic N) is 1. The van der Waals surface area contributed by atoms with Gasteiger partial charge in [0.2, 0.25) is 12.7 Å². The molecule has 0 spiro atoms. The molecule has 3 amide bonds. The Kier molecular flexibility index (Phi) is 5.85. The van der Waals surface area contributed by atoms with E-state index in [2.05, 4.69) is 16.0 Å². The number of amides is 3. The molecule has 31 heavy (non-hydrogen) atoms. The molecule has 0 saturated heterocycles. The lowest BCUT2D eigenvalue weighted by atomic mass is 10.0. The number of nitrogens with one attached hydrogen (secondary N) is 3. The first kappa shape index (κ1) is 20.0. The van der Waals surface area contributed by atoms with Gasteiger partial charge in [0.05, 0.1) is 6.07 Å². The summed E-state index contributed by atoms with van der Waals surface area (Å²) in [6.07, 6.45) is 0.274. The van der Waals surface area contributed by atoms with Gasteiger partial charge in [-0.05, 0) is 28.5 Å². The second kappa shape index (κ2) is 9.05. The summed E-state index contributed by atoms with van der Waals surface area (Å²) in [4.78, 5) is 25.1. The Morgan fingerprint density at radius 1 is 1.00 bits per heavy atom. The molecular weight excluding hydrogens is 396 g/mol. The minimum atomic E-state index is -0.858. The smallest absolute Gasteiger partial charge is 0.319 e. The monoisotopic (exact) mass is 416 g/mol. The van der Waals surface area contributed by atoms with E-state index < -0.39 is 18.0 Å². The molecule has 156 valence electrons. The molecule has 1 aliphatic rings. The fourth-order valence-corrected chi connectivity index (χ4v) is 3.36. The summed E-state index contributed by atoms with van der Waals surface area (Å²) in [7, 11) is 0. The van der Waals surface area contributed by atoms with Gasteiger partial charge in [0.15, 0.2) is 11.5 Å². The zero-order valence-corrected chi connectivity index (χ0v) is 16.6. The molecule has 0 aliphatic carbocycles. The zero-order valence-electron chi connectivity index (χ0n) is 16.6. The molecule has 1 atom stereocenters. The zero-order chi connectivity index (χ0) is 21.6. The lowest BCUT2D eigenvalue weighted by Crippen LogP contribution is -2.49. The standard InChI is InChI=1S/C23H20N4O4/c24-9-10-25-22(28)19(12-15-5-6-16-3-1-2-4-17(16)11-15)27-23(29)26-18-7-8-20-21(13-18)31-14-30-20/h1-8,11,13,19H,10,12,14H2,(H,25,28)(H2,26,27,29). The average Bonchev–Trinajstić information content (AvgIpc) is 3.25. The van der Waals surface area contributed by atoms with Gasteiger partial charge in [0.1, 0.15) is 12.6 Å². The van der Waals surface area contributed by atoms with E-state index in [1.54, 1.807) is 18.2 Å². The maximum atomic E-state index is 12.6. The summed E-state index contributed by atoms with van der Waals surface area (Å²) < 4.78 is 10.6. The highest BCUT2D eigenvalue weighted by atomic mass is 16.7. The van der Waals surface area contributed by atoms with Crippen molar-refractivity contribution < 1.29 is 19.1 Å². The van der Waals surface area contributed by atoms with Gasteiger partial charge in [-0.3, -0.25) is 4.79 Å². The number of urea groups is 1. The van der Waals surface area contributed by atoms with E-state index in [1.807, 2.05) is 48.5 Å². The number of anilines is 1. The number of benzene rings is 3. The highest BCUT2D eigenvalue weighted by Crippen LogP contribution is 2.34. The Bertz CT molecular complexity index is 1170. The van der Waals surface area contributed by atoms with E-state index in [1.165, 1.54) is 0 Å². The van der Waals surface area contributed by atoms with Crippen molar-refractivity contribution in [2.75, 3.05) is 18.7 Å². The second-order valence-electron chi connectivity index (χ2n) is 6.98. The first-order valence-electron chi connectivity index (χ1n) is 9.72. The van der Waals surface area contributed by atoms with Gasteiger partial charge in [-0.25, -0.2) is 4.79 Å². The van der Waals surface area contributed by atoms with Crippen LogP contribution in [0, 0.1) is 11.3 Å². The van der Waals surface area contributed by atoms with E-state index in [0.717, 1.165) is 16.3 Å². The molecule has 1 heterocycles. The number of rotatable bonds is 6. The van der Waals surface area contributed by atoms with E-state index in [0.29, 0.717) is 17.2 Å². The maximum absolute atomic E-state index is 12.6. The summed E-state index contributed by atoms with van der Waals surface area (Å²) in [5, 5.41) is 18.8. The third kappa shape index (κ3) is 4.85. The van der Waals surface area contributed by atoms with Crippen molar-refractivity contribution in [1.29, 1.82) is 5.26 Å². The SMILES string of the molecule is N#CCNC(=O)C(Cc1ccc2ccccc2c1)NC(=O)Nc1ccc2c(c1)OCO2. The lowest BCUT2D eigenvalue weighted by molar-refractivity contribution is -0.122. The van der Waals surface area contributed by atoms with Gasteiger partial charge in [-0.2, -0.15) is 5.26 Å². The molecule has 8 nitrogen and oxygen atoms in total. The van der Waals surface area contributed by atoms with E-state index >= 15 is 0 Å². The fraction of sp³-hybridized carbons (Fsp3) is 0.174. The Labute approximate surface area is 178 Å². The van der Waals surface area contributed by atoms with Crippen LogP contribution in [0.2, 0.25) is 0 Å². The number of nitriles is 1. The number of hydrogen-bond acceptors (Lipinski definition) is 5. The van der Waals surface area contributed by atoms with E-state index in [-0.39, 0.29) is 19.8 Å². The van der Waals surface area contributed by atoms with Crippen molar-refractivity contribution in [2.45, 2.75) is 12.5 Å². The molecule has 1 unspecified atom stereocenters. The second-order valence-corrected chi connectivity index (χ2v) is 6.98. The van der Waals surface area contributed by atoms with Gasteiger partial charge < -0.3 is 25.4 Å². The van der Waals surface area contributed by atoms with Crippen LogP contribution in [0.5, 0.6) is 11.5 Å². The van der Waals surface area contributed by atoms with Crippen molar-refractivity contribution in [3.8, 4) is 17.6 Å². The largest absolute Gasteiger partial charge is 0.454 e. The Balaban J connectivity index is 1.47. The highest BCUT2D eigenvalue weighted by molar-refractivity contribution is 5.94. The Morgan fingerprint density at radius 3 is 2.65 bits per heavy atom. The van der Waals surface area contributed by atoms with Gasteiger partial charge in [0, 0.05) is 18.2 Å². The molecule has 0 aromatic heterocycles. The fourth-order valence-electron chi connectivity index (χ4n) is 3.36. The molecule has 0 radical (unpaired) electrons. The number of carbonyl (C=O) groups excluding carboxylic acids is 2. The van der Waals surface area contributed by atoms with Crippen LogP contribution in [0.1, 0.15) is 5.56 Å². The van der Waals surface area contributed by atoms with Crippen LogP contribution < -0.4 is 25.4 Å². The summed E-state index contributed by atoms with van der Waals surface area (Å²) in [5.41, 5.74) is 1.39. The van der Waals surface area contributed by atoms with Crippen LogP contribution in [-0.2, 0) is 11.2 Å². The van der Waals surface area contributed by atoms with Crippen LogP contribution in [0.25, 0.3) is 10.8 Å². The lowest BCUT2D eigenvalue weighted by Gasteiger charge is -2.19. The molecule has 0 saturated carbocycles. The van der Waals surface area contributed by atoms with Crippen LogP contribution in [0.3, 0.4) is 0 Å². The van der Waals surface area contributed by atoms with Crippen LogP contribution >= 0.6 is 0 Å². The highest BCUT2D eigenvalue weighted by Gasteiger charge is 2.22. The summed E-state index contributed by atoms with van der Waals surface area (Å²) >= 11 is 0. The number of hydrogen-bond donors (Lipinski definition) is 3. The van der Waals surface area contributed by atoms with Crippen molar-refractivity contribution in [2.24, 2.45) is 0 Å². The predicted octanol–water partition coefficient (Wildman–Crippen LogP) is 2.94. The molecule has 0 fully saturated rings. The predicted molar refractivity (Wildman–Crippen MR) is 115 cm³/mol. The molecule has 3 aromatic rings. The molecule has 8 heteroatoms. The molecule has 1 aliphatic heterocycles.